The van der Waals surface area contributed by atoms with Crippen LogP contribution in [0.1, 0.15) is 0 Å². The fourth-order valence-corrected chi connectivity index (χ4v) is 2.12. The molecule has 0 atom stereocenters. The van der Waals surface area contributed by atoms with Crippen molar-refractivity contribution >= 4 is 16.0 Å². The lowest BCUT2D eigenvalue weighted by Gasteiger charge is -2.04. The minimum atomic E-state index is -3.54. The summed E-state index contributed by atoms with van der Waals surface area (Å²) in [7, 11) is -3.54. The molecule has 0 aliphatic heterocycles. The molecule has 0 radical (unpaired) electrons. The summed E-state index contributed by atoms with van der Waals surface area (Å²) in [5.74, 6) is -0.716. The van der Waals surface area contributed by atoms with Gasteiger partial charge in [-0.15, -0.1) is 0 Å². The van der Waals surface area contributed by atoms with E-state index in [0.29, 0.717) is 0 Å². The summed E-state index contributed by atoms with van der Waals surface area (Å²) in [5.41, 5.74) is 0. The Balaban J connectivity index is 2.61. The van der Waals surface area contributed by atoms with Crippen LogP contribution in [0.25, 0.3) is 0 Å². The number of nitrogens with one attached hydrogen (secondary N) is 1. The molecule has 1 rings (SSSR count). The highest BCUT2D eigenvalue weighted by Crippen LogP contribution is 2.07. The van der Waals surface area contributed by atoms with Crippen LogP contribution in [0.3, 0.4) is 0 Å². The predicted molar refractivity (Wildman–Crippen MR) is 57.8 cm³/mol. The van der Waals surface area contributed by atoms with E-state index in [1.807, 2.05) is 0 Å². The molecule has 0 aromatic carbocycles. The summed E-state index contributed by atoms with van der Waals surface area (Å²) < 4.78 is 26.0. The minimum Gasteiger partial charge on any atom is -0.395 e. The van der Waals surface area contributed by atoms with Crippen LogP contribution < -0.4 is 4.72 Å². The van der Waals surface area contributed by atoms with E-state index in [0.717, 1.165) is 4.57 Å². The highest BCUT2D eigenvalue weighted by atomic mass is 32.2. The van der Waals surface area contributed by atoms with Gasteiger partial charge in [0.25, 0.3) is 0 Å². The number of aliphatic hydroxyl groups excluding tert-OH is 1. The van der Waals surface area contributed by atoms with Crippen molar-refractivity contribution in [2.75, 3.05) is 18.9 Å². The van der Waals surface area contributed by atoms with Gasteiger partial charge in [-0.25, -0.2) is 17.7 Å². The molecular formula is C7H12N4O5S. The summed E-state index contributed by atoms with van der Waals surface area (Å²) in [6, 6.07) is 0. The smallest absolute Gasteiger partial charge is 0.395 e. The summed E-state index contributed by atoms with van der Waals surface area (Å²) in [4.78, 5) is 13.3. The van der Waals surface area contributed by atoms with Crippen molar-refractivity contribution in [2.24, 2.45) is 0 Å². The summed E-state index contributed by atoms with van der Waals surface area (Å²) in [6.07, 6.45) is 2.56. The van der Waals surface area contributed by atoms with Gasteiger partial charge in [-0.3, -0.25) is 0 Å². The third kappa shape index (κ3) is 4.09. The van der Waals surface area contributed by atoms with Crippen molar-refractivity contribution in [2.45, 2.75) is 6.54 Å². The van der Waals surface area contributed by atoms with Crippen molar-refractivity contribution < 1.29 is 18.4 Å². The van der Waals surface area contributed by atoms with Crippen molar-refractivity contribution in [3.63, 3.8) is 0 Å². The molecule has 0 fully saturated rings. The molecule has 0 saturated heterocycles. The molecule has 96 valence electrons. The van der Waals surface area contributed by atoms with Crippen molar-refractivity contribution in [1.82, 2.24) is 14.3 Å². The Labute approximate surface area is 97.3 Å². The Hall–Kier alpha value is -1.52. The quantitative estimate of drug-likeness (QED) is 0.465. The Morgan fingerprint density at radius 2 is 2.29 bits per heavy atom. The fourth-order valence-electron chi connectivity index (χ4n) is 1.14. The highest BCUT2D eigenvalue weighted by Gasteiger charge is 2.17. The summed E-state index contributed by atoms with van der Waals surface area (Å²) >= 11 is 0. The van der Waals surface area contributed by atoms with Crippen LogP contribution in [0.2, 0.25) is 0 Å². The molecule has 0 bridgehead atoms. The second-order valence-corrected chi connectivity index (χ2v) is 5.04. The zero-order valence-electron chi connectivity index (χ0n) is 8.81. The first-order valence-corrected chi connectivity index (χ1v) is 6.35. The van der Waals surface area contributed by atoms with Crippen LogP contribution in [0, 0.1) is 10.1 Å². The van der Waals surface area contributed by atoms with Crippen LogP contribution in [-0.2, 0) is 16.6 Å². The second-order valence-electron chi connectivity index (χ2n) is 3.11. The maximum atomic E-state index is 11.3. The Morgan fingerprint density at radius 1 is 1.59 bits per heavy atom. The normalized spacial score (nSPS) is 11.6. The van der Waals surface area contributed by atoms with Gasteiger partial charge >= 0.3 is 5.95 Å². The third-order valence-corrected chi connectivity index (χ3v) is 3.26. The topological polar surface area (TPSA) is 127 Å². The first-order valence-electron chi connectivity index (χ1n) is 4.70. The maximum Gasteiger partial charge on any atom is 0.434 e. The molecule has 1 heterocycles. The van der Waals surface area contributed by atoms with Crippen LogP contribution in [-0.4, -0.2) is 46.9 Å². The number of aromatic nitrogens is 2. The average Bonchev–Trinajstić information content (AvgIpc) is 2.72. The van der Waals surface area contributed by atoms with Gasteiger partial charge in [0.2, 0.25) is 10.0 Å². The van der Waals surface area contributed by atoms with Crippen LogP contribution in [0.5, 0.6) is 0 Å². The number of aryl methyl sites for hydroxylation is 1. The van der Waals surface area contributed by atoms with E-state index in [-0.39, 0.29) is 25.4 Å². The van der Waals surface area contributed by atoms with Crippen molar-refractivity contribution in [3.8, 4) is 0 Å². The van der Waals surface area contributed by atoms with E-state index in [1.165, 1.54) is 12.4 Å². The molecule has 1 aromatic heterocycles. The average molecular weight is 264 g/mol. The molecule has 0 spiro atoms. The van der Waals surface area contributed by atoms with E-state index in [4.69, 9.17) is 5.11 Å². The molecule has 2 N–H and O–H groups in total. The Morgan fingerprint density at radius 3 is 2.88 bits per heavy atom. The minimum absolute atomic E-state index is 0.0723. The fraction of sp³-hybridized carbons (Fsp3) is 0.571. The molecule has 9 nitrogen and oxygen atoms in total. The summed E-state index contributed by atoms with van der Waals surface area (Å²) in [5, 5.41) is 19.0. The van der Waals surface area contributed by atoms with Gasteiger partial charge in [0.1, 0.15) is 12.4 Å². The lowest BCUT2D eigenvalue weighted by molar-refractivity contribution is -0.396. The zero-order chi connectivity index (χ0) is 12.9. The van der Waals surface area contributed by atoms with Gasteiger partial charge in [0.15, 0.2) is 0 Å². The van der Waals surface area contributed by atoms with Crippen LogP contribution in [0.15, 0.2) is 12.4 Å². The van der Waals surface area contributed by atoms with E-state index in [9.17, 15) is 18.5 Å². The Bertz CT molecular complexity index is 482. The first kappa shape index (κ1) is 13.5. The molecule has 0 amide bonds. The van der Waals surface area contributed by atoms with Gasteiger partial charge in [0.05, 0.1) is 18.9 Å². The molecule has 10 heteroatoms. The van der Waals surface area contributed by atoms with Gasteiger partial charge in [-0.1, -0.05) is 4.98 Å². The standard InChI is InChI=1S/C7H12N4O5S/c12-5-2-9-17(15,16)6-4-10-3-1-8-7(10)11(13)14/h1,3,9,12H,2,4-6H2. The SMILES string of the molecule is O=[N+]([O-])c1nccn1CCS(=O)(=O)NCCO. The molecule has 17 heavy (non-hydrogen) atoms. The highest BCUT2D eigenvalue weighted by molar-refractivity contribution is 7.89. The van der Waals surface area contributed by atoms with E-state index >= 15 is 0 Å². The number of hydrogen-bond donors (Lipinski definition) is 2. The largest absolute Gasteiger partial charge is 0.434 e. The van der Waals surface area contributed by atoms with Crippen LogP contribution in [0.4, 0.5) is 5.95 Å². The molecule has 1 aromatic rings. The van der Waals surface area contributed by atoms with Gasteiger partial charge < -0.3 is 15.2 Å². The van der Waals surface area contributed by atoms with Gasteiger partial charge in [0, 0.05) is 6.54 Å². The Kier molecular flexibility index (Phi) is 4.54. The first-order chi connectivity index (χ1) is 7.96. The zero-order valence-corrected chi connectivity index (χ0v) is 9.63. The third-order valence-electron chi connectivity index (χ3n) is 1.89. The number of rotatable bonds is 7. The molecule has 0 saturated carbocycles. The van der Waals surface area contributed by atoms with Crippen LogP contribution >= 0.6 is 0 Å². The number of nitrogens with zero attached hydrogens (tertiary/aromatic N) is 3. The predicted octanol–water partition coefficient (Wildman–Crippen LogP) is -1.30. The molecular weight excluding hydrogens is 252 g/mol. The number of imidazole rings is 1. The van der Waals surface area contributed by atoms with Gasteiger partial charge in [-0.2, -0.15) is 0 Å². The number of aliphatic hydroxyl groups is 1. The van der Waals surface area contributed by atoms with Crippen molar-refractivity contribution in [1.29, 1.82) is 0 Å². The van der Waals surface area contributed by atoms with E-state index in [2.05, 4.69) is 9.71 Å². The van der Waals surface area contributed by atoms with E-state index in [1.54, 1.807) is 0 Å². The van der Waals surface area contributed by atoms with Crippen molar-refractivity contribution in [3.05, 3.63) is 22.5 Å². The summed E-state index contributed by atoms with van der Waals surface area (Å²) in [6.45, 7) is -0.449. The number of hydrogen-bond acceptors (Lipinski definition) is 6. The maximum absolute atomic E-state index is 11.3. The van der Waals surface area contributed by atoms with E-state index < -0.39 is 20.9 Å². The molecule has 0 unspecified atom stereocenters. The monoisotopic (exact) mass is 264 g/mol. The molecule has 0 aliphatic carbocycles. The second kappa shape index (κ2) is 5.70. The lowest BCUT2D eigenvalue weighted by atomic mass is 10.7. The number of nitro groups is 1. The molecule has 0 aliphatic rings. The number of sulfonamides is 1. The lowest BCUT2D eigenvalue weighted by Crippen LogP contribution is -2.30. The van der Waals surface area contributed by atoms with Gasteiger partial charge in [-0.05, 0) is 4.92 Å².